The van der Waals surface area contributed by atoms with E-state index in [2.05, 4.69) is 69.2 Å². The Morgan fingerprint density at radius 2 is 2.00 bits per heavy atom. The van der Waals surface area contributed by atoms with E-state index < -0.39 is 0 Å². The molecule has 0 aliphatic heterocycles. The van der Waals surface area contributed by atoms with Crippen molar-refractivity contribution in [1.29, 1.82) is 0 Å². The van der Waals surface area contributed by atoms with Crippen molar-refractivity contribution in [1.82, 2.24) is 10.2 Å². The molecule has 2 nitrogen and oxygen atoms in total. The van der Waals surface area contributed by atoms with Crippen molar-refractivity contribution >= 4 is 0 Å². The molecule has 0 radical (unpaired) electrons. The average molecular weight is 274 g/mol. The first-order chi connectivity index (χ1) is 9.45. The molecule has 1 saturated carbocycles. The van der Waals surface area contributed by atoms with E-state index in [0.717, 1.165) is 13.1 Å². The summed E-state index contributed by atoms with van der Waals surface area (Å²) in [6.07, 6.45) is 2.61. The number of likely N-dealkylation sites (N-methyl/N-ethyl adjacent to an activating group) is 2. The predicted octanol–water partition coefficient (Wildman–Crippen LogP) is 3.59. The second-order valence-corrected chi connectivity index (χ2v) is 6.97. The molecule has 20 heavy (non-hydrogen) atoms. The molecule has 0 aromatic heterocycles. The first-order valence-electron chi connectivity index (χ1n) is 7.94. The van der Waals surface area contributed by atoms with Gasteiger partial charge in [0, 0.05) is 18.6 Å². The van der Waals surface area contributed by atoms with Crippen molar-refractivity contribution in [2.24, 2.45) is 5.41 Å². The number of rotatable bonds is 5. The second kappa shape index (κ2) is 6.28. The molecule has 0 amide bonds. The van der Waals surface area contributed by atoms with Crippen molar-refractivity contribution < 1.29 is 0 Å². The maximum absolute atomic E-state index is 3.72. The van der Waals surface area contributed by atoms with Crippen LogP contribution >= 0.6 is 0 Å². The standard InChI is InChI=1S/C18H30N2/c1-6-19-17-16(11-12-18(17,3)4)20(5)13-15-10-8-7-9-14(15)2/h7-10,16-17,19H,6,11-13H2,1-5H3. The van der Waals surface area contributed by atoms with Crippen LogP contribution in [0.1, 0.15) is 44.7 Å². The van der Waals surface area contributed by atoms with Crippen molar-refractivity contribution in [2.75, 3.05) is 13.6 Å². The van der Waals surface area contributed by atoms with Crippen LogP contribution in [0.4, 0.5) is 0 Å². The SMILES string of the molecule is CCNC1C(N(C)Cc2ccccc2C)CCC1(C)C. The van der Waals surface area contributed by atoms with Crippen molar-refractivity contribution in [2.45, 2.75) is 59.2 Å². The summed E-state index contributed by atoms with van der Waals surface area (Å²) < 4.78 is 0. The third-order valence-corrected chi connectivity index (χ3v) is 4.98. The topological polar surface area (TPSA) is 15.3 Å². The van der Waals surface area contributed by atoms with E-state index in [-0.39, 0.29) is 0 Å². The summed E-state index contributed by atoms with van der Waals surface area (Å²) in [6, 6.07) is 9.98. The van der Waals surface area contributed by atoms with Gasteiger partial charge < -0.3 is 5.32 Å². The van der Waals surface area contributed by atoms with E-state index in [0.29, 0.717) is 17.5 Å². The van der Waals surface area contributed by atoms with E-state index in [4.69, 9.17) is 0 Å². The molecule has 0 bridgehead atoms. The van der Waals surface area contributed by atoms with Crippen molar-refractivity contribution in [3.05, 3.63) is 35.4 Å². The van der Waals surface area contributed by atoms with Crippen LogP contribution in [0, 0.1) is 12.3 Å². The molecular formula is C18H30N2. The van der Waals surface area contributed by atoms with Gasteiger partial charge in [-0.3, -0.25) is 4.90 Å². The number of hydrogen-bond donors (Lipinski definition) is 1. The average Bonchev–Trinajstić information content (AvgIpc) is 2.69. The number of hydrogen-bond acceptors (Lipinski definition) is 2. The zero-order valence-electron chi connectivity index (χ0n) is 13.7. The van der Waals surface area contributed by atoms with Crippen molar-refractivity contribution in [3.63, 3.8) is 0 Å². The van der Waals surface area contributed by atoms with E-state index in [1.54, 1.807) is 0 Å². The molecule has 1 N–H and O–H groups in total. The Balaban J connectivity index is 2.09. The summed E-state index contributed by atoms with van der Waals surface area (Å²) in [5, 5.41) is 3.72. The zero-order chi connectivity index (χ0) is 14.8. The lowest BCUT2D eigenvalue weighted by Gasteiger charge is -2.36. The molecule has 2 unspecified atom stereocenters. The molecule has 0 spiro atoms. The number of benzene rings is 1. The van der Waals surface area contributed by atoms with Gasteiger partial charge in [-0.1, -0.05) is 45.0 Å². The minimum absolute atomic E-state index is 0.403. The highest BCUT2D eigenvalue weighted by Crippen LogP contribution is 2.39. The molecule has 1 aliphatic rings. The van der Waals surface area contributed by atoms with Crippen LogP contribution in [0.5, 0.6) is 0 Å². The van der Waals surface area contributed by atoms with E-state index >= 15 is 0 Å². The summed E-state index contributed by atoms with van der Waals surface area (Å²) >= 11 is 0. The van der Waals surface area contributed by atoms with Gasteiger partial charge in [0.25, 0.3) is 0 Å². The Morgan fingerprint density at radius 3 is 2.65 bits per heavy atom. The fourth-order valence-corrected chi connectivity index (χ4v) is 3.64. The van der Waals surface area contributed by atoms with Gasteiger partial charge in [0.15, 0.2) is 0 Å². The van der Waals surface area contributed by atoms with Crippen LogP contribution in [0.15, 0.2) is 24.3 Å². The molecule has 1 fully saturated rings. The van der Waals surface area contributed by atoms with Gasteiger partial charge in [-0.05, 0) is 49.9 Å². The third kappa shape index (κ3) is 3.24. The quantitative estimate of drug-likeness (QED) is 0.882. The number of aryl methyl sites for hydroxylation is 1. The van der Waals surface area contributed by atoms with Gasteiger partial charge in [0.05, 0.1) is 0 Å². The van der Waals surface area contributed by atoms with Crippen LogP contribution in [-0.2, 0) is 6.54 Å². The first kappa shape index (κ1) is 15.5. The summed E-state index contributed by atoms with van der Waals surface area (Å²) in [7, 11) is 2.28. The minimum Gasteiger partial charge on any atom is -0.312 e. The summed E-state index contributed by atoms with van der Waals surface area (Å²) in [5.41, 5.74) is 3.26. The lowest BCUT2D eigenvalue weighted by atomic mass is 9.86. The monoisotopic (exact) mass is 274 g/mol. The molecule has 2 rings (SSSR count). The van der Waals surface area contributed by atoms with E-state index in [9.17, 15) is 0 Å². The molecule has 2 atom stereocenters. The van der Waals surface area contributed by atoms with Gasteiger partial charge >= 0.3 is 0 Å². The Kier molecular flexibility index (Phi) is 4.87. The van der Waals surface area contributed by atoms with Gasteiger partial charge in [-0.25, -0.2) is 0 Å². The molecule has 0 heterocycles. The van der Waals surface area contributed by atoms with Crippen LogP contribution in [0.25, 0.3) is 0 Å². The maximum Gasteiger partial charge on any atom is 0.0274 e. The molecule has 112 valence electrons. The summed E-state index contributed by atoms with van der Waals surface area (Å²) in [6.45, 7) is 11.3. The number of nitrogens with zero attached hydrogens (tertiary/aromatic N) is 1. The van der Waals surface area contributed by atoms with Crippen LogP contribution in [-0.4, -0.2) is 30.6 Å². The van der Waals surface area contributed by atoms with Gasteiger partial charge in [0.2, 0.25) is 0 Å². The van der Waals surface area contributed by atoms with E-state index in [1.807, 2.05) is 0 Å². The highest BCUT2D eigenvalue weighted by Gasteiger charge is 2.42. The lowest BCUT2D eigenvalue weighted by molar-refractivity contribution is 0.166. The third-order valence-electron chi connectivity index (χ3n) is 4.98. The normalized spacial score (nSPS) is 25.3. The van der Waals surface area contributed by atoms with Crippen molar-refractivity contribution in [3.8, 4) is 0 Å². The Hall–Kier alpha value is -0.860. The predicted molar refractivity (Wildman–Crippen MR) is 86.9 cm³/mol. The first-order valence-corrected chi connectivity index (χ1v) is 7.94. The summed E-state index contributed by atoms with van der Waals surface area (Å²) in [5.74, 6) is 0. The highest BCUT2D eigenvalue weighted by molar-refractivity contribution is 5.25. The Labute approximate surface area is 124 Å². The lowest BCUT2D eigenvalue weighted by Crippen LogP contribution is -2.50. The highest BCUT2D eigenvalue weighted by atomic mass is 15.2. The van der Waals surface area contributed by atoms with Gasteiger partial charge in [-0.15, -0.1) is 0 Å². The van der Waals surface area contributed by atoms with Gasteiger partial charge in [-0.2, -0.15) is 0 Å². The number of nitrogens with one attached hydrogen (secondary N) is 1. The Bertz CT molecular complexity index is 439. The smallest absolute Gasteiger partial charge is 0.0274 e. The zero-order valence-corrected chi connectivity index (χ0v) is 13.7. The molecule has 1 aliphatic carbocycles. The maximum atomic E-state index is 3.72. The Morgan fingerprint density at radius 1 is 1.30 bits per heavy atom. The molecule has 1 aromatic carbocycles. The molecule has 0 saturated heterocycles. The van der Waals surface area contributed by atoms with Crippen LogP contribution in [0.2, 0.25) is 0 Å². The molecule has 2 heteroatoms. The molecular weight excluding hydrogens is 244 g/mol. The second-order valence-electron chi connectivity index (χ2n) is 6.97. The minimum atomic E-state index is 0.403. The fraction of sp³-hybridized carbons (Fsp3) is 0.667. The largest absolute Gasteiger partial charge is 0.312 e. The molecule has 1 aromatic rings. The van der Waals surface area contributed by atoms with Crippen LogP contribution < -0.4 is 5.32 Å². The van der Waals surface area contributed by atoms with Crippen LogP contribution in [0.3, 0.4) is 0 Å². The van der Waals surface area contributed by atoms with E-state index in [1.165, 1.54) is 24.0 Å². The van der Waals surface area contributed by atoms with Gasteiger partial charge in [0.1, 0.15) is 0 Å². The summed E-state index contributed by atoms with van der Waals surface area (Å²) in [4.78, 5) is 2.55. The fourth-order valence-electron chi connectivity index (χ4n) is 3.64.